The van der Waals surface area contributed by atoms with Gasteiger partial charge in [0.2, 0.25) is 0 Å². The summed E-state index contributed by atoms with van der Waals surface area (Å²) in [4.78, 5) is 21.6. The van der Waals surface area contributed by atoms with Crippen molar-refractivity contribution in [2.45, 2.75) is 38.7 Å². The standard InChI is InChI=1S/C10H20N2O4/c1-3-4-5-11-9(15)12-7-10(2,16)6-8(13)14/h16H,3-7H2,1-2H3,(H,13,14)(H2,11,12,15). The molecule has 0 aliphatic carbocycles. The van der Waals surface area contributed by atoms with Crippen LogP contribution < -0.4 is 10.6 Å². The summed E-state index contributed by atoms with van der Waals surface area (Å²) in [6, 6.07) is -0.390. The third kappa shape index (κ3) is 8.05. The fourth-order valence-corrected chi connectivity index (χ4v) is 1.10. The van der Waals surface area contributed by atoms with E-state index in [-0.39, 0.29) is 12.6 Å². The Morgan fingerprint density at radius 2 is 1.94 bits per heavy atom. The van der Waals surface area contributed by atoms with Crippen LogP contribution in [-0.4, -0.2) is 40.9 Å². The van der Waals surface area contributed by atoms with E-state index in [2.05, 4.69) is 10.6 Å². The molecule has 0 aliphatic rings. The quantitative estimate of drug-likeness (QED) is 0.475. The average Bonchev–Trinajstić information content (AvgIpc) is 2.13. The number of aliphatic carboxylic acids is 1. The van der Waals surface area contributed by atoms with Crippen LogP contribution >= 0.6 is 0 Å². The van der Waals surface area contributed by atoms with Gasteiger partial charge in [0.25, 0.3) is 0 Å². The Kier molecular flexibility index (Phi) is 6.48. The van der Waals surface area contributed by atoms with Crippen molar-refractivity contribution < 1.29 is 19.8 Å². The third-order valence-electron chi connectivity index (χ3n) is 1.98. The van der Waals surface area contributed by atoms with E-state index in [1.807, 2.05) is 6.92 Å². The molecule has 0 aromatic heterocycles. The van der Waals surface area contributed by atoms with Crippen molar-refractivity contribution >= 4 is 12.0 Å². The number of carboxylic acid groups (broad SMARTS) is 1. The Hall–Kier alpha value is -1.30. The van der Waals surface area contributed by atoms with E-state index in [1.54, 1.807) is 0 Å². The Balaban J connectivity index is 3.77. The maximum Gasteiger partial charge on any atom is 0.314 e. The van der Waals surface area contributed by atoms with Gasteiger partial charge < -0.3 is 20.8 Å². The molecular formula is C10H20N2O4. The second-order valence-electron chi connectivity index (χ2n) is 4.03. The summed E-state index contributed by atoms with van der Waals surface area (Å²) in [5, 5.41) is 23.1. The molecule has 4 N–H and O–H groups in total. The van der Waals surface area contributed by atoms with E-state index >= 15 is 0 Å². The molecule has 0 aliphatic heterocycles. The van der Waals surface area contributed by atoms with Gasteiger partial charge in [-0.15, -0.1) is 0 Å². The molecule has 1 atom stereocenters. The lowest BCUT2D eigenvalue weighted by molar-refractivity contribution is -0.141. The number of carbonyl (C=O) groups excluding carboxylic acids is 1. The maximum atomic E-state index is 11.2. The molecule has 0 aromatic carbocycles. The summed E-state index contributed by atoms with van der Waals surface area (Å²) in [5.74, 6) is -1.10. The third-order valence-corrected chi connectivity index (χ3v) is 1.98. The topological polar surface area (TPSA) is 98.7 Å². The summed E-state index contributed by atoms with van der Waals surface area (Å²) in [5.41, 5.74) is -1.42. The van der Waals surface area contributed by atoms with Crippen LogP contribution in [0.3, 0.4) is 0 Å². The number of hydrogen-bond donors (Lipinski definition) is 4. The molecule has 0 rings (SSSR count). The number of carboxylic acids is 1. The number of nitrogens with one attached hydrogen (secondary N) is 2. The van der Waals surface area contributed by atoms with Crippen LogP contribution in [0.1, 0.15) is 33.1 Å². The highest BCUT2D eigenvalue weighted by Gasteiger charge is 2.24. The Labute approximate surface area is 95.0 Å². The monoisotopic (exact) mass is 232 g/mol. The molecule has 0 radical (unpaired) electrons. The molecule has 0 saturated heterocycles. The highest BCUT2D eigenvalue weighted by atomic mass is 16.4. The molecular weight excluding hydrogens is 212 g/mol. The Bertz CT molecular complexity index is 241. The fourth-order valence-electron chi connectivity index (χ4n) is 1.10. The van der Waals surface area contributed by atoms with Crippen LogP contribution in [0.4, 0.5) is 4.79 Å². The number of amides is 2. The first-order chi connectivity index (χ1) is 7.37. The van der Waals surface area contributed by atoms with Gasteiger partial charge in [0.05, 0.1) is 12.0 Å². The summed E-state index contributed by atoms with van der Waals surface area (Å²) < 4.78 is 0. The highest BCUT2D eigenvalue weighted by Crippen LogP contribution is 2.06. The van der Waals surface area contributed by atoms with Gasteiger partial charge in [-0.25, -0.2) is 4.79 Å². The van der Waals surface area contributed by atoms with E-state index in [4.69, 9.17) is 5.11 Å². The normalized spacial score (nSPS) is 13.9. The first-order valence-electron chi connectivity index (χ1n) is 5.33. The fraction of sp³-hybridized carbons (Fsp3) is 0.800. The van der Waals surface area contributed by atoms with Crippen LogP contribution in [0.2, 0.25) is 0 Å². The van der Waals surface area contributed by atoms with Crippen molar-refractivity contribution in [1.29, 1.82) is 0 Å². The molecule has 0 fully saturated rings. The Morgan fingerprint density at radius 1 is 1.31 bits per heavy atom. The maximum absolute atomic E-state index is 11.2. The van der Waals surface area contributed by atoms with Gasteiger partial charge in [0.1, 0.15) is 0 Å². The zero-order valence-corrected chi connectivity index (χ0v) is 9.75. The minimum Gasteiger partial charge on any atom is -0.481 e. The van der Waals surface area contributed by atoms with E-state index in [0.717, 1.165) is 12.8 Å². The number of unbranched alkanes of at least 4 members (excludes halogenated alkanes) is 1. The lowest BCUT2D eigenvalue weighted by Gasteiger charge is -2.21. The molecule has 0 heterocycles. The highest BCUT2D eigenvalue weighted by molar-refractivity contribution is 5.74. The van der Waals surface area contributed by atoms with Gasteiger partial charge in [0.15, 0.2) is 0 Å². The molecule has 6 nitrogen and oxygen atoms in total. The summed E-state index contributed by atoms with van der Waals surface area (Å²) in [7, 11) is 0. The summed E-state index contributed by atoms with van der Waals surface area (Å²) >= 11 is 0. The summed E-state index contributed by atoms with van der Waals surface area (Å²) in [6.45, 7) is 3.87. The average molecular weight is 232 g/mol. The largest absolute Gasteiger partial charge is 0.481 e. The van der Waals surface area contributed by atoms with Gasteiger partial charge in [-0.05, 0) is 13.3 Å². The predicted molar refractivity (Wildman–Crippen MR) is 59.2 cm³/mol. The van der Waals surface area contributed by atoms with E-state index in [9.17, 15) is 14.7 Å². The van der Waals surface area contributed by atoms with Gasteiger partial charge in [0, 0.05) is 13.1 Å². The van der Waals surface area contributed by atoms with Crippen LogP contribution in [0.25, 0.3) is 0 Å². The van der Waals surface area contributed by atoms with E-state index in [0.29, 0.717) is 6.54 Å². The molecule has 2 amide bonds. The van der Waals surface area contributed by atoms with Crippen LogP contribution in [0, 0.1) is 0 Å². The minimum absolute atomic E-state index is 0.0861. The van der Waals surface area contributed by atoms with Crippen molar-refractivity contribution in [3.05, 3.63) is 0 Å². The lowest BCUT2D eigenvalue weighted by atomic mass is 10.0. The molecule has 16 heavy (non-hydrogen) atoms. The predicted octanol–water partition coefficient (Wildman–Crippen LogP) is 0.311. The Morgan fingerprint density at radius 3 is 2.44 bits per heavy atom. The van der Waals surface area contributed by atoms with Gasteiger partial charge in [-0.3, -0.25) is 4.79 Å². The van der Waals surface area contributed by atoms with Gasteiger partial charge in [-0.1, -0.05) is 13.3 Å². The van der Waals surface area contributed by atoms with E-state index < -0.39 is 18.0 Å². The number of urea groups is 1. The van der Waals surface area contributed by atoms with Crippen molar-refractivity contribution in [2.24, 2.45) is 0 Å². The van der Waals surface area contributed by atoms with Crippen molar-refractivity contribution in [3.8, 4) is 0 Å². The SMILES string of the molecule is CCCCNC(=O)NCC(C)(O)CC(=O)O. The molecule has 0 saturated carbocycles. The number of hydrogen-bond acceptors (Lipinski definition) is 3. The molecule has 0 spiro atoms. The molecule has 6 heteroatoms. The van der Waals surface area contributed by atoms with Crippen LogP contribution in [0.5, 0.6) is 0 Å². The second-order valence-corrected chi connectivity index (χ2v) is 4.03. The van der Waals surface area contributed by atoms with Crippen molar-refractivity contribution in [2.75, 3.05) is 13.1 Å². The summed E-state index contributed by atoms with van der Waals surface area (Å²) in [6.07, 6.45) is 1.47. The number of carbonyl (C=O) groups is 2. The zero-order chi connectivity index (χ0) is 12.6. The van der Waals surface area contributed by atoms with Crippen LogP contribution in [-0.2, 0) is 4.79 Å². The van der Waals surface area contributed by atoms with Gasteiger partial charge in [-0.2, -0.15) is 0 Å². The first-order valence-corrected chi connectivity index (χ1v) is 5.33. The lowest BCUT2D eigenvalue weighted by Crippen LogP contribution is -2.45. The molecule has 0 bridgehead atoms. The molecule has 0 aromatic rings. The van der Waals surface area contributed by atoms with Crippen LogP contribution in [0.15, 0.2) is 0 Å². The first kappa shape index (κ1) is 14.7. The van der Waals surface area contributed by atoms with Gasteiger partial charge >= 0.3 is 12.0 Å². The number of aliphatic hydroxyl groups is 1. The molecule has 1 unspecified atom stereocenters. The smallest absolute Gasteiger partial charge is 0.314 e. The second kappa shape index (κ2) is 7.05. The minimum atomic E-state index is -1.42. The zero-order valence-electron chi connectivity index (χ0n) is 9.75. The van der Waals surface area contributed by atoms with Crippen molar-refractivity contribution in [3.63, 3.8) is 0 Å². The van der Waals surface area contributed by atoms with E-state index in [1.165, 1.54) is 6.92 Å². The molecule has 94 valence electrons. The van der Waals surface area contributed by atoms with Crippen molar-refractivity contribution in [1.82, 2.24) is 10.6 Å². The number of rotatable bonds is 7.